The molecule has 2 aromatic carbocycles. The number of fused-ring (bicyclic) bond motifs is 2. The molecular weight excluding hydrogens is 328 g/mol. The zero-order valence-corrected chi connectivity index (χ0v) is 14.0. The van der Waals surface area contributed by atoms with Crippen molar-refractivity contribution in [1.29, 1.82) is 0 Å². The molecule has 2 N–H and O–H groups in total. The van der Waals surface area contributed by atoms with Crippen LogP contribution in [0.15, 0.2) is 53.7 Å². The normalized spacial score (nSPS) is 14.4. The van der Waals surface area contributed by atoms with E-state index in [1.807, 2.05) is 30.3 Å². The average molecular weight is 344 g/mol. The molecule has 1 aromatic heterocycles. The maximum Gasteiger partial charge on any atom is 0.259 e. The van der Waals surface area contributed by atoms with Crippen molar-refractivity contribution in [2.45, 2.75) is 12.8 Å². The van der Waals surface area contributed by atoms with Gasteiger partial charge in [-0.25, -0.2) is 0 Å². The van der Waals surface area contributed by atoms with E-state index in [1.165, 1.54) is 5.56 Å². The molecule has 0 bridgehead atoms. The number of para-hydroxylation sites is 2. The Morgan fingerprint density at radius 1 is 1.12 bits per heavy atom. The van der Waals surface area contributed by atoms with E-state index in [4.69, 9.17) is 4.74 Å². The standard InChI is InChI=1S/C20H16N4O2/c25-20(14-6-3-5-12-8-9-26-19(12)14)23-17-11-21-24-18(17)16-10-13-4-1-2-7-15(13)22-16/h1-7,11H,8-10H2,(H,21,24)(H,23,25). The number of H-pyrrole nitrogens is 1. The van der Waals surface area contributed by atoms with Gasteiger partial charge in [-0.15, -0.1) is 0 Å². The SMILES string of the molecule is O=C(Nc1cn[nH]c1C1=Nc2ccccc2C1)c1cccc2c1OCC2. The number of hydrogen-bond donors (Lipinski definition) is 2. The molecule has 0 radical (unpaired) electrons. The van der Waals surface area contributed by atoms with Crippen molar-refractivity contribution in [3.05, 3.63) is 71.0 Å². The fourth-order valence-electron chi connectivity index (χ4n) is 3.46. The molecule has 2 aliphatic heterocycles. The Morgan fingerprint density at radius 3 is 2.92 bits per heavy atom. The highest BCUT2D eigenvalue weighted by Crippen LogP contribution is 2.32. The summed E-state index contributed by atoms with van der Waals surface area (Å²) in [5, 5.41) is 10.0. The van der Waals surface area contributed by atoms with Gasteiger partial charge in [-0.3, -0.25) is 14.9 Å². The topological polar surface area (TPSA) is 79.4 Å². The Kier molecular flexibility index (Phi) is 3.35. The zero-order valence-electron chi connectivity index (χ0n) is 14.0. The molecule has 0 aliphatic carbocycles. The van der Waals surface area contributed by atoms with Gasteiger partial charge in [0.25, 0.3) is 5.91 Å². The summed E-state index contributed by atoms with van der Waals surface area (Å²) in [7, 11) is 0. The van der Waals surface area contributed by atoms with E-state index < -0.39 is 0 Å². The molecule has 6 nitrogen and oxygen atoms in total. The molecule has 0 saturated heterocycles. The first-order valence-electron chi connectivity index (χ1n) is 8.55. The number of hydrogen-bond acceptors (Lipinski definition) is 4. The van der Waals surface area contributed by atoms with Gasteiger partial charge in [-0.2, -0.15) is 5.10 Å². The van der Waals surface area contributed by atoms with Crippen molar-refractivity contribution in [2.24, 2.45) is 4.99 Å². The van der Waals surface area contributed by atoms with Crippen LogP contribution in [0.1, 0.15) is 27.2 Å². The third-order valence-corrected chi connectivity index (χ3v) is 4.74. The van der Waals surface area contributed by atoms with Crippen LogP contribution in [0.4, 0.5) is 11.4 Å². The number of ether oxygens (including phenoxy) is 1. The number of carbonyl (C=O) groups excluding carboxylic acids is 1. The second-order valence-corrected chi connectivity index (χ2v) is 6.37. The Balaban J connectivity index is 1.43. The van der Waals surface area contributed by atoms with Crippen LogP contribution in [0.5, 0.6) is 5.75 Å². The Hall–Kier alpha value is -3.41. The third kappa shape index (κ3) is 2.38. The van der Waals surface area contributed by atoms with Crippen LogP contribution in [-0.2, 0) is 12.8 Å². The lowest BCUT2D eigenvalue weighted by molar-refractivity contribution is 0.102. The minimum Gasteiger partial charge on any atom is -0.492 e. The molecule has 2 aliphatic rings. The predicted molar refractivity (Wildman–Crippen MR) is 98.5 cm³/mol. The molecule has 0 saturated carbocycles. The lowest BCUT2D eigenvalue weighted by Crippen LogP contribution is -2.15. The highest BCUT2D eigenvalue weighted by Gasteiger charge is 2.24. The van der Waals surface area contributed by atoms with Gasteiger partial charge in [-0.1, -0.05) is 30.3 Å². The minimum atomic E-state index is -0.206. The van der Waals surface area contributed by atoms with Crippen LogP contribution >= 0.6 is 0 Å². The second kappa shape index (κ2) is 5.84. The quantitative estimate of drug-likeness (QED) is 0.765. The summed E-state index contributed by atoms with van der Waals surface area (Å²) in [4.78, 5) is 17.4. The van der Waals surface area contributed by atoms with Crippen LogP contribution in [-0.4, -0.2) is 28.4 Å². The van der Waals surface area contributed by atoms with E-state index in [1.54, 1.807) is 12.3 Å². The number of anilines is 1. The van der Waals surface area contributed by atoms with Crippen LogP contribution in [0, 0.1) is 0 Å². The Morgan fingerprint density at radius 2 is 2.00 bits per heavy atom. The van der Waals surface area contributed by atoms with E-state index in [9.17, 15) is 4.79 Å². The summed E-state index contributed by atoms with van der Waals surface area (Å²) in [6.45, 7) is 0.617. The highest BCUT2D eigenvalue weighted by atomic mass is 16.5. The average Bonchev–Trinajstić information content (AvgIpc) is 3.39. The van der Waals surface area contributed by atoms with Crippen LogP contribution < -0.4 is 10.1 Å². The number of aromatic amines is 1. The molecule has 1 amide bonds. The summed E-state index contributed by atoms with van der Waals surface area (Å²) >= 11 is 0. The fraction of sp³-hybridized carbons (Fsp3) is 0.150. The number of aliphatic imine (C=N–C) groups is 1. The number of nitrogens with one attached hydrogen (secondary N) is 2. The van der Waals surface area contributed by atoms with Gasteiger partial charge in [0.2, 0.25) is 0 Å². The molecule has 5 rings (SSSR count). The molecule has 6 heteroatoms. The second-order valence-electron chi connectivity index (χ2n) is 6.37. The van der Waals surface area contributed by atoms with E-state index >= 15 is 0 Å². The fourth-order valence-corrected chi connectivity index (χ4v) is 3.46. The van der Waals surface area contributed by atoms with Gasteiger partial charge >= 0.3 is 0 Å². The highest BCUT2D eigenvalue weighted by molar-refractivity contribution is 6.13. The molecule has 128 valence electrons. The Labute approximate surface area is 149 Å². The van der Waals surface area contributed by atoms with E-state index in [0.29, 0.717) is 30.0 Å². The monoisotopic (exact) mass is 344 g/mol. The van der Waals surface area contributed by atoms with Crippen molar-refractivity contribution < 1.29 is 9.53 Å². The van der Waals surface area contributed by atoms with Gasteiger partial charge in [0, 0.05) is 12.8 Å². The largest absolute Gasteiger partial charge is 0.492 e. The lowest BCUT2D eigenvalue weighted by Gasteiger charge is -2.09. The van der Waals surface area contributed by atoms with Crippen molar-refractivity contribution >= 4 is 23.0 Å². The molecule has 3 heterocycles. The number of rotatable bonds is 3. The van der Waals surface area contributed by atoms with Gasteiger partial charge in [0.1, 0.15) is 11.4 Å². The predicted octanol–water partition coefficient (Wildman–Crippen LogP) is 3.27. The van der Waals surface area contributed by atoms with Gasteiger partial charge in [0.15, 0.2) is 0 Å². The van der Waals surface area contributed by atoms with Crippen LogP contribution in [0.3, 0.4) is 0 Å². The molecule has 26 heavy (non-hydrogen) atoms. The van der Waals surface area contributed by atoms with Gasteiger partial charge in [-0.05, 0) is 23.3 Å². The number of carbonyl (C=O) groups is 1. The summed E-state index contributed by atoms with van der Waals surface area (Å²) < 4.78 is 5.63. The van der Waals surface area contributed by atoms with E-state index in [2.05, 4.69) is 26.6 Å². The first-order valence-corrected chi connectivity index (χ1v) is 8.55. The molecule has 0 spiro atoms. The zero-order chi connectivity index (χ0) is 17.5. The first-order chi connectivity index (χ1) is 12.8. The van der Waals surface area contributed by atoms with Gasteiger partial charge in [0.05, 0.1) is 35.5 Å². The molecule has 0 unspecified atom stereocenters. The maximum atomic E-state index is 12.8. The van der Waals surface area contributed by atoms with Crippen molar-refractivity contribution in [1.82, 2.24) is 10.2 Å². The number of aromatic nitrogens is 2. The summed E-state index contributed by atoms with van der Waals surface area (Å²) in [6, 6.07) is 13.7. The van der Waals surface area contributed by atoms with Crippen LogP contribution in [0.2, 0.25) is 0 Å². The number of benzene rings is 2. The van der Waals surface area contributed by atoms with E-state index in [0.717, 1.165) is 29.1 Å². The van der Waals surface area contributed by atoms with Crippen LogP contribution in [0.25, 0.3) is 0 Å². The minimum absolute atomic E-state index is 0.206. The summed E-state index contributed by atoms with van der Waals surface area (Å²) in [5.41, 5.74) is 5.98. The number of amides is 1. The molecule has 0 atom stereocenters. The lowest BCUT2D eigenvalue weighted by atomic mass is 10.1. The third-order valence-electron chi connectivity index (χ3n) is 4.74. The summed E-state index contributed by atoms with van der Waals surface area (Å²) in [5.74, 6) is 0.475. The molecule has 0 fully saturated rings. The van der Waals surface area contributed by atoms with Crippen molar-refractivity contribution in [2.75, 3.05) is 11.9 Å². The molecule has 3 aromatic rings. The molecular formula is C20H16N4O2. The first kappa shape index (κ1) is 14.9. The smallest absolute Gasteiger partial charge is 0.259 e. The summed E-state index contributed by atoms with van der Waals surface area (Å²) in [6.07, 6.45) is 3.16. The number of nitrogens with zero attached hydrogens (tertiary/aromatic N) is 2. The maximum absolute atomic E-state index is 12.8. The van der Waals surface area contributed by atoms with E-state index in [-0.39, 0.29) is 5.91 Å². The van der Waals surface area contributed by atoms with Gasteiger partial charge < -0.3 is 10.1 Å². The van der Waals surface area contributed by atoms with Crippen molar-refractivity contribution in [3.8, 4) is 5.75 Å². The van der Waals surface area contributed by atoms with Crippen molar-refractivity contribution in [3.63, 3.8) is 0 Å². The Bertz CT molecular complexity index is 1050.